The largest absolute Gasteiger partial charge is 0.545 e. The van der Waals surface area contributed by atoms with Crippen LogP contribution in [0.2, 0.25) is 0 Å². The second kappa shape index (κ2) is 4.08. The summed E-state index contributed by atoms with van der Waals surface area (Å²) in [5.41, 5.74) is 5.20. The van der Waals surface area contributed by atoms with Gasteiger partial charge in [-0.3, -0.25) is 0 Å². The van der Waals surface area contributed by atoms with E-state index in [9.17, 15) is 9.90 Å². The molecule has 0 atom stereocenters. The number of nitrogen functional groups attached to an aromatic ring is 1. The molecular weight excluding hydrogens is 190 g/mol. The van der Waals surface area contributed by atoms with Crippen molar-refractivity contribution in [1.82, 2.24) is 9.97 Å². The number of carbonyl (C=O) groups excluding carboxylic acids is 1. The lowest BCUT2D eigenvalue weighted by Crippen LogP contribution is -2.24. The number of thioether (sulfide) groups is 1. The van der Waals surface area contributed by atoms with Crippen molar-refractivity contribution in [3.05, 3.63) is 11.8 Å². The molecule has 0 aliphatic heterocycles. The van der Waals surface area contributed by atoms with Crippen LogP contribution in [0.5, 0.6) is 0 Å². The fourth-order valence-corrected chi connectivity index (χ4v) is 1.28. The molecule has 0 fully saturated rings. The van der Waals surface area contributed by atoms with Crippen LogP contribution < -0.4 is 10.8 Å². The molecule has 0 spiro atoms. The molecule has 5 nitrogen and oxygen atoms in total. The van der Waals surface area contributed by atoms with Crippen LogP contribution >= 0.6 is 11.8 Å². The molecule has 0 saturated carbocycles. The van der Waals surface area contributed by atoms with Gasteiger partial charge in [-0.05, 0) is 5.75 Å². The van der Waals surface area contributed by atoms with Crippen molar-refractivity contribution in [3.63, 3.8) is 0 Å². The van der Waals surface area contributed by atoms with Crippen LogP contribution in [0.25, 0.3) is 0 Å². The molecular formula is C7H8N3O2S-. The van der Waals surface area contributed by atoms with E-state index in [1.54, 1.807) is 0 Å². The third kappa shape index (κ3) is 2.32. The molecule has 1 aromatic heterocycles. The SMILES string of the molecule is CCSc1ncc(C(=O)[O-])c(N)n1. The summed E-state index contributed by atoms with van der Waals surface area (Å²) in [7, 11) is 0. The number of carboxylic acids is 1. The molecule has 6 heteroatoms. The van der Waals surface area contributed by atoms with Crippen molar-refractivity contribution >= 4 is 23.5 Å². The first-order chi connectivity index (χ1) is 6.15. The van der Waals surface area contributed by atoms with Gasteiger partial charge in [-0.1, -0.05) is 18.7 Å². The lowest BCUT2D eigenvalue weighted by atomic mass is 10.3. The Morgan fingerprint density at radius 3 is 2.92 bits per heavy atom. The summed E-state index contributed by atoms with van der Waals surface area (Å²) in [6, 6.07) is 0. The highest BCUT2D eigenvalue weighted by Gasteiger charge is 2.04. The number of anilines is 1. The summed E-state index contributed by atoms with van der Waals surface area (Å²) in [6.07, 6.45) is 1.16. The maximum Gasteiger partial charge on any atom is 0.189 e. The molecule has 0 radical (unpaired) electrons. The first-order valence-electron chi connectivity index (χ1n) is 3.61. The lowest BCUT2D eigenvalue weighted by Gasteiger charge is -2.05. The highest BCUT2D eigenvalue weighted by molar-refractivity contribution is 7.99. The number of carboxylic acid groups (broad SMARTS) is 1. The van der Waals surface area contributed by atoms with E-state index in [4.69, 9.17) is 5.73 Å². The molecule has 0 aliphatic rings. The standard InChI is InChI=1S/C7H9N3O2S/c1-2-13-7-9-3-4(6(11)12)5(8)10-7/h3H,2H2,1H3,(H,11,12)(H2,8,9,10)/p-1. The van der Waals surface area contributed by atoms with Crippen molar-refractivity contribution in [2.45, 2.75) is 12.1 Å². The molecule has 70 valence electrons. The molecule has 1 heterocycles. The van der Waals surface area contributed by atoms with E-state index in [0.717, 1.165) is 11.9 Å². The summed E-state index contributed by atoms with van der Waals surface area (Å²) in [4.78, 5) is 18.0. The minimum atomic E-state index is -1.36. The number of carbonyl (C=O) groups is 1. The molecule has 0 unspecified atom stereocenters. The van der Waals surface area contributed by atoms with Gasteiger partial charge in [0.25, 0.3) is 0 Å². The fourth-order valence-electron chi connectivity index (χ4n) is 0.734. The second-order valence-electron chi connectivity index (χ2n) is 2.17. The highest BCUT2D eigenvalue weighted by Crippen LogP contribution is 2.14. The maximum atomic E-state index is 10.4. The molecule has 13 heavy (non-hydrogen) atoms. The summed E-state index contributed by atoms with van der Waals surface area (Å²) in [6.45, 7) is 1.94. The van der Waals surface area contributed by atoms with Gasteiger partial charge >= 0.3 is 0 Å². The number of rotatable bonds is 3. The summed E-state index contributed by atoms with van der Waals surface area (Å²) < 4.78 is 0. The number of aromatic nitrogens is 2. The van der Waals surface area contributed by atoms with E-state index in [1.165, 1.54) is 11.8 Å². The van der Waals surface area contributed by atoms with E-state index in [2.05, 4.69) is 9.97 Å². The second-order valence-corrected chi connectivity index (χ2v) is 3.40. The Bertz CT molecular complexity index is 330. The van der Waals surface area contributed by atoms with Crippen LogP contribution in [-0.4, -0.2) is 21.7 Å². The van der Waals surface area contributed by atoms with Gasteiger partial charge in [-0.2, -0.15) is 0 Å². The van der Waals surface area contributed by atoms with Crippen LogP contribution in [0.4, 0.5) is 5.82 Å². The summed E-state index contributed by atoms with van der Waals surface area (Å²) in [5.74, 6) is -0.596. The van der Waals surface area contributed by atoms with Crippen LogP contribution in [0, 0.1) is 0 Å². The topological polar surface area (TPSA) is 91.9 Å². The number of aromatic carboxylic acids is 1. The number of nitrogens with two attached hydrogens (primary N) is 1. The number of hydrogen-bond donors (Lipinski definition) is 1. The van der Waals surface area contributed by atoms with Crippen molar-refractivity contribution in [2.24, 2.45) is 0 Å². The van der Waals surface area contributed by atoms with Crippen LogP contribution in [-0.2, 0) is 0 Å². The highest BCUT2D eigenvalue weighted by atomic mass is 32.2. The van der Waals surface area contributed by atoms with Gasteiger partial charge < -0.3 is 15.6 Å². The Kier molecular flexibility index (Phi) is 3.07. The van der Waals surface area contributed by atoms with Crippen LogP contribution in [0.3, 0.4) is 0 Å². The smallest absolute Gasteiger partial charge is 0.189 e. The summed E-state index contributed by atoms with van der Waals surface area (Å²) >= 11 is 1.39. The third-order valence-corrected chi connectivity index (χ3v) is 2.03. The van der Waals surface area contributed by atoms with Crippen molar-refractivity contribution < 1.29 is 9.90 Å². The van der Waals surface area contributed by atoms with Gasteiger partial charge in [0.1, 0.15) is 5.82 Å². The molecule has 1 rings (SSSR count). The molecule has 0 aliphatic carbocycles. The van der Waals surface area contributed by atoms with Crippen molar-refractivity contribution in [1.29, 1.82) is 0 Å². The predicted octanol–water partition coefficient (Wildman–Crippen LogP) is -0.466. The van der Waals surface area contributed by atoms with Crippen molar-refractivity contribution in [2.75, 3.05) is 11.5 Å². The Morgan fingerprint density at radius 1 is 1.77 bits per heavy atom. The summed E-state index contributed by atoms with van der Waals surface area (Å²) in [5, 5.41) is 10.9. The first kappa shape index (κ1) is 9.79. The molecule has 0 saturated heterocycles. The minimum Gasteiger partial charge on any atom is -0.545 e. The predicted molar refractivity (Wildman–Crippen MR) is 47.2 cm³/mol. The minimum absolute atomic E-state index is 0.0500. The Hall–Kier alpha value is -1.30. The molecule has 0 amide bonds. The molecule has 0 aromatic carbocycles. The van der Waals surface area contributed by atoms with Gasteiger partial charge in [-0.25, -0.2) is 9.97 Å². The Balaban J connectivity index is 2.98. The van der Waals surface area contributed by atoms with E-state index < -0.39 is 5.97 Å². The average Bonchev–Trinajstić information content (AvgIpc) is 2.04. The molecule has 1 aromatic rings. The van der Waals surface area contributed by atoms with Gasteiger partial charge in [0, 0.05) is 6.20 Å². The Labute approximate surface area is 79.4 Å². The maximum absolute atomic E-state index is 10.4. The zero-order chi connectivity index (χ0) is 9.84. The average molecular weight is 198 g/mol. The van der Waals surface area contributed by atoms with E-state index in [0.29, 0.717) is 5.16 Å². The van der Waals surface area contributed by atoms with Crippen LogP contribution in [0.15, 0.2) is 11.4 Å². The fraction of sp³-hybridized carbons (Fsp3) is 0.286. The van der Waals surface area contributed by atoms with Gasteiger partial charge in [0.15, 0.2) is 5.16 Å². The molecule has 0 bridgehead atoms. The van der Waals surface area contributed by atoms with Gasteiger partial charge in [0.05, 0.1) is 11.5 Å². The Morgan fingerprint density at radius 2 is 2.46 bits per heavy atom. The van der Waals surface area contributed by atoms with Crippen LogP contribution in [0.1, 0.15) is 17.3 Å². The molecule has 2 N–H and O–H groups in total. The lowest BCUT2D eigenvalue weighted by molar-refractivity contribution is -0.255. The monoisotopic (exact) mass is 198 g/mol. The first-order valence-corrected chi connectivity index (χ1v) is 4.60. The van der Waals surface area contributed by atoms with Gasteiger partial charge in [0.2, 0.25) is 0 Å². The zero-order valence-corrected chi connectivity index (χ0v) is 7.80. The van der Waals surface area contributed by atoms with Gasteiger partial charge in [-0.15, -0.1) is 0 Å². The zero-order valence-electron chi connectivity index (χ0n) is 6.98. The van der Waals surface area contributed by atoms with E-state index >= 15 is 0 Å². The van der Waals surface area contributed by atoms with E-state index in [-0.39, 0.29) is 11.4 Å². The number of hydrogen-bond acceptors (Lipinski definition) is 6. The quantitative estimate of drug-likeness (QED) is 0.521. The third-order valence-electron chi connectivity index (χ3n) is 1.29. The van der Waals surface area contributed by atoms with E-state index in [1.807, 2.05) is 6.92 Å². The van der Waals surface area contributed by atoms with Crippen molar-refractivity contribution in [3.8, 4) is 0 Å². The normalized spacial score (nSPS) is 9.92. The number of nitrogens with zero attached hydrogens (tertiary/aromatic N) is 2.